The second kappa shape index (κ2) is 4.20. The molecule has 3 rings (SSSR count). The van der Waals surface area contributed by atoms with Crippen LogP contribution in [0.1, 0.15) is 5.56 Å². The second-order valence-corrected chi connectivity index (χ2v) is 4.74. The number of nitrogens with zero attached hydrogens (tertiary/aromatic N) is 2. The minimum atomic E-state index is 0.701. The summed E-state index contributed by atoms with van der Waals surface area (Å²) in [6, 6.07) is 4.45. The number of aryl methyl sites for hydroxylation is 1. The highest BCUT2D eigenvalue weighted by molar-refractivity contribution is 6.31. The van der Waals surface area contributed by atoms with Crippen LogP contribution in [0.4, 0.5) is 6.01 Å². The van der Waals surface area contributed by atoms with Crippen molar-refractivity contribution < 1.29 is 4.42 Å². The van der Waals surface area contributed by atoms with Gasteiger partial charge >= 0.3 is 0 Å². The number of oxazole rings is 1. The third kappa shape index (κ3) is 1.98. The van der Waals surface area contributed by atoms with Crippen molar-refractivity contribution in [2.24, 2.45) is 0 Å². The largest absolute Gasteiger partial charge is 0.423 e. The Kier molecular flexibility index (Phi) is 2.68. The second-order valence-electron chi connectivity index (χ2n) is 4.30. The number of hydrogen-bond acceptors (Lipinski definition) is 4. The highest BCUT2D eigenvalue weighted by Crippen LogP contribution is 2.27. The van der Waals surface area contributed by atoms with Crippen molar-refractivity contribution in [3.05, 3.63) is 22.7 Å². The van der Waals surface area contributed by atoms with E-state index in [1.54, 1.807) is 0 Å². The van der Waals surface area contributed by atoms with E-state index in [-0.39, 0.29) is 0 Å². The van der Waals surface area contributed by atoms with Crippen LogP contribution in [0.3, 0.4) is 0 Å². The molecule has 1 fully saturated rings. The van der Waals surface area contributed by atoms with Crippen LogP contribution in [0.25, 0.3) is 11.1 Å². The fourth-order valence-corrected chi connectivity index (χ4v) is 2.40. The van der Waals surface area contributed by atoms with Crippen molar-refractivity contribution in [1.29, 1.82) is 0 Å². The predicted octanol–water partition coefficient (Wildman–Crippen LogP) is 2.20. The van der Waals surface area contributed by atoms with E-state index in [1.165, 1.54) is 0 Å². The van der Waals surface area contributed by atoms with Crippen molar-refractivity contribution >= 4 is 28.7 Å². The van der Waals surface area contributed by atoms with Crippen LogP contribution in [-0.2, 0) is 0 Å². The topological polar surface area (TPSA) is 41.3 Å². The summed E-state index contributed by atoms with van der Waals surface area (Å²) in [5, 5.41) is 4.01. The first-order valence-electron chi connectivity index (χ1n) is 5.76. The summed E-state index contributed by atoms with van der Waals surface area (Å²) in [4.78, 5) is 6.66. The number of hydrogen-bond donors (Lipinski definition) is 1. The summed E-state index contributed by atoms with van der Waals surface area (Å²) < 4.78 is 5.82. The van der Waals surface area contributed by atoms with Gasteiger partial charge in [-0.2, -0.15) is 4.98 Å². The summed E-state index contributed by atoms with van der Waals surface area (Å²) in [5.74, 6) is 0. The van der Waals surface area contributed by atoms with Gasteiger partial charge in [-0.05, 0) is 24.6 Å². The van der Waals surface area contributed by atoms with Crippen molar-refractivity contribution in [1.82, 2.24) is 10.3 Å². The molecule has 0 unspecified atom stereocenters. The fourth-order valence-electron chi connectivity index (χ4n) is 2.14. The van der Waals surface area contributed by atoms with E-state index in [0.717, 1.165) is 42.8 Å². The standard InChI is InChI=1S/C12H14ClN3O/c1-8-6-9(13)7-10-11(8)17-12(15-10)16-4-2-14-3-5-16/h6-7,14H,2-5H2,1H3. The van der Waals surface area contributed by atoms with Crippen LogP contribution < -0.4 is 10.2 Å². The summed E-state index contributed by atoms with van der Waals surface area (Å²) in [7, 11) is 0. The zero-order valence-electron chi connectivity index (χ0n) is 9.66. The van der Waals surface area contributed by atoms with Gasteiger partial charge in [0.25, 0.3) is 6.01 Å². The molecule has 1 aromatic carbocycles. The lowest BCUT2D eigenvalue weighted by Gasteiger charge is -2.25. The van der Waals surface area contributed by atoms with Gasteiger partial charge in [-0.15, -0.1) is 0 Å². The van der Waals surface area contributed by atoms with Gasteiger partial charge in [0.15, 0.2) is 5.58 Å². The van der Waals surface area contributed by atoms with E-state index in [4.69, 9.17) is 16.0 Å². The first kappa shape index (κ1) is 10.9. The minimum absolute atomic E-state index is 0.701. The zero-order valence-corrected chi connectivity index (χ0v) is 10.4. The average molecular weight is 252 g/mol. The number of rotatable bonds is 1. The summed E-state index contributed by atoms with van der Waals surface area (Å²) in [6.07, 6.45) is 0. The molecule has 1 aliphatic rings. The molecule has 0 spiro atoms. The number of piperazine rings is 1. The van der Waals surface area contributed by atoms with Crippen LogP contribution in [0.5, 0.6) is 0 Å². The molecule has 0 amide bonds. The van der Waals surface area contributed by atoms with E-state index in [0.29, 0.717) is 11.0 Å². The van der Waals surface area contributed by atoms with Crippen LogP contribution >= 0.6 is 11.6 Å². The molecule has 0 radical (unpaired) electrons. The first-order valence-corrected chi connectivity index (χ1v) is 6.14. The van der Waals surface area contributed by atoms with Gasteiger partial charge in [0, 0.05) is 31.2 Å². The molecule has 1 aromatic heterocycles. The fraction of sp³-hybridized carbons (Fsp3) is 0.417. The first-order chi connectivity index (χ1) is 8.24. The Hall–Kier alpha value is -1.26. The van der Waals surface area contributed by atoms with Crippen LogP contribution in [0.15, 0.2) is 16.5 Å². The number of benzene rings is 1. The van der Waals surface area contributed by atoms with Gasteiger partial charge < -0.3 is 14.6 Å². The van der Waals surface area contributed by atoms with Gasteiger partial charge in [0.05, 0.1) is 0 Å². The van der Waals surface area contributed by atoms with Gasteiger partial charge in [0.1, 0.15) is 5.52 Å². The highest BCUT2D eigenvalue weighted by atomic mass is 35.5. The van der Waals surface area contributed by atoms with Crippen molar-refractivity contribution in [2.75, 3.05) is 31.1 Å². The summed E-state index contributed by atoms with van der Waals surface area (Å²) in [6.45, 7) is 5.79. The Morgan fingerprint density at radius 3 is 2.88 bits per heavy atom. The Bertz CT molecular complexity index is 546. The highest BCUT2D eigenvalue weighted by Gasteiger charge is 2.17. The van der Waals surface area contributed by atoms with Gasteiger partial charge in [-0.3, -0.25) is 0 Å². The molecule has 0 saturated carbocycles. The van der Waals surface area contributed by atoms with E-state index in [9.17, 15) is 0 Å². The average Bonchev–Trinajstić information content (AvgIpc) is 2.74. The van der Waals surface area contributed by atoms with Crippen molar-refractivity contribution in [2.45, 2.75) is 6.92 Å². The monoisotopic (exact) mass is 251 g/mol. The molecule has 1 N–H and O–H groups in total. The number of fused-ring (bicyclic) bond motifs is 1. The Balaban J connectivity index is 2.03. The van der Waals surface area contributed by atoms with E-state index < -0.39 is 0 Å². The van der Waals surface area contributed by atoms with Crippen molar-refractivity contribution in [3.8, 4) is 0 Å². The molecule has 2 heterocycles. The van der Waals surface area contributed by atoms with E-state index in [1.807, 2.05) is 19.1 Å². The third-order valence-corrected chi connectivity index (χ3v) is 3.23. The zero-order chi connectivity index (χ0) is 11.8. The lowest BCUT2D eigenvalue weighted by molar-refractivity contribution is 0.517. The molecule has 5 heteroatoms. The molecule has 1 aliphatic heterocycles. The quantitative estimate of drug-likeness (QED) is 0.844. The third-order valence-electron chi connectivity index (χ3n) is 3.02. The summed E-state index contributed by atoms with van der Waals surface area (Å²) >= 11 is 6.01. The smallest absolute Gasteiger partial charge is 0.298 e. The lowest BCUT2D eigenvalue weighted by atomic mass is 10.2. The summed E-state index contributed by atoms with van der Waals surface area (Å²) in [5.41, 5.74) is 2.70. The van der Waals surface area contributed by atoms with Gasteiger partial charge in [-0.1, -0.05) is 11.6 Å². The molecule has 0 aliphatic carbocycles. The molecule has 2 aromatic rings. The number of anilines is 1. The molecule has 90 valence electrons. The van der Waals surface area contributed by atoms with Crippen LogP contribution in [-0.4, -0.2) is 31.2 Å². The Morgan fingerprint density at radius 1 is 1.35 bits per heavy atom. The maximum Gasteiger partial charge on any atom is 0.298 e. The molecule has 4 nitrogen and oxygen atoms in total. The van der Waals surface area contributed by atoms with Crippen molar-refractivity contribution in [3.63, 3.8) is 0 Å². The molecule has 1 saturated heterocycles. The molecular formula is C12H14ClN3O. The molecule has 0 bridgehead atoms. The normalized spacial score (nSPS) is 16.7. The van der Waals surface area contributed by atoms with Crippen LogP contribution in [0.2, 0.25) is 5.02 Å². The number of halogens is 1. The number of aromatic nitrogens is 1. The SMILES string of the molecule is Cc1cc(Cl)cc2nc(N3CCNCC3)oc12. The molecule has 17 heavy (non-hydrogen) atoms. The van der Waals surface area contributed by atoms with E-state index in [2.05, 4.69) is 15.2 Å². The minimum Gasteiger partial charge on any atom is -0.423 e. The molecular weight excluding hydrogens is 238 g/mol. The maximum atomic E-state index is 6.01. The lowest BCUT2D eigenvalue weighted by Crippen LogP contribution is -2.43. The predicted molar refractivity (Wildman–Crippen MR) is 68.8 cm³/mol. The van der Waals surface area contributed by atoms with Gasteiger partial charge in [-0.25, -0.2) is 0 Å². The van der Waals surface area contributed by atoms with E-state index >= 15 is 0 Å². The Labute approximate surface area is 105 Å². The maximum absolute atomic E-state index is 6.01. The molecule has 0 atom stereocenters. The van der Waals surface area contributed by atoms with Gasteiger partial charge in [0.2, 0.25) is 0 Å². The van der Waals surface area contributed by atoms with Crippen LogP contribution in [0, 0.1) is 6.92 Å². The number of nitrogens with one attached hydrogen (secondary N) is 1. The Morgan fingerprint density at radius 2 is 2.12 bits per heavy atom.